The Labute approximate surface area is 165 Å². The van der Waals surface area contributed by atoms with Crippen LogP contribution in [0.3, 0.4) is 0 Å². The highest BCUT2D eigenvalue weighted by molar-refractivity contribution is 5.88. The topological polar surface area (TPSA) is 142 Å². The molecule has 0 radical (unpaired) electrons. The van der Waals surface area contributed by atoms with E-state index in [0.29, 0.717) is 19.4 Å². The number of aryl methyl sites for hydroxylation is 1. The molecule has 28 heavy (non-hydrogen) atoms. The van der Waals surface area contributed by atoms with E-state index in [2.05, 4.69) is 35.4 Å². The van der Waals surface area contributed by atoms with Crippen molar-refractivity contribution >= 4 is 24.1 Å². The summed E-state index contributed by atoms with van der Waals surface area (Å²) in [5.74, 6) is -1.92. The summed E-state index contributed by atoms with van der Waals surface area (Å²) in [5.41, 5.74) is 5.82. The van der Waals surface area contributed by atoms with Crippen LogP contribution in [0.15, 0.2) is 30.3 Å². The fourth-order valence-corrected chi connectivity index (χ4v) is 2.25. The van der Waals surface area contributed by atoms with Crippen LogP contribution in [-0.4, -0.2) is 73.3 Å². The Hall–Kier alpha value is -2.78. The van der Waals surface area contributed by atoms with E-state index in [0.717, 1.165) is 0 Å². The molecule has 5 N–H and O–H groups in total. The van der Waals surface area contributed by atoms with E-state index < -0.39 is 17.9 Å². The minimum Gasteiger partial charge on any atom is -0.480 e. The number of carboxylic acids is 1. The van der Waals surface area contributed by atoms with Crippen molar-refractivity contribution in [2.75, 3.05) is 33.2 Å². The van der Waals surface area contributed by atoms with Crippen molar-refractivity contribution in [3.05, 3.63) is 35.9 Å². The summed E-state index contributed by atoms with van der Waals surface area (Å²) in [7, 11) is 1.50. The number of carbonyl (C=O) groups is 4. The van der Waals surface area contributed by atoms with Crippen LogP contribution in [0, 0.1) is 6.92 Å². The van der Waals surface area contributed by atoms with Crippen LogP contribution in [0.4, 0.5) is 0 Å². The average molecular weight is 394 g/mol. The maximum absolute atomic E-state index is 11.7. The molecule has 1 fully saturated rings. The maximum atomic E-state index is 11.7. The lowest BCUT2D eigenvalue weighted by Crippen LogP contribution is -2.53. The number of aliphatic carboxylic acids is 1. The third-order valence-corrected chi connectivity index (χ3v) is 3.67. The normalized spacial score (nSPS) is 13.8. The smallest absolute Gasteiger partial charge is 0.326 e. The number of nitrogens with two attached hydrogens (primary N) is 1. The summed E-state index contributed by atoms with van der Waals surface area (Å²) in [6.45, 7) is 3.12. The first-order chi connectivity index (χ1) is 13.4. The van der Waals surface area contributed by atoms with E-state index >= 15 is 0 Å². The van der Waals surface area contributed by atoms with Gasteiger partial charge in [-0.2, -0.15) is 0 Å². The average Bonchev–Trinajstić information content (AvgIpc) is 2.69. The van der Waals surface area contributed by atoms with Gasteiger partial charge in [-0.1, -0.05) is 35.9 Å². The molecule has 1 aromatic carbocycles. The molecular formula is C19H30N4O5. The van der Waals surface area contributed by atoms with E-state index in [1.54, 1.807) is 0 Å². The molecule has 0 spiro atoms. The molecule has 2 amide bonds. The first kappa shape index (κ1) is 25.2. The highest BCUT2D eigenvalue weighted by Crippen LogP contribution is 1.98. The van der Waals surface area contributed by atoms with Gasteiger partial charge in [0.1, 0.15) is 12.3 Å². The van der Waals surface area contributed by atoms with E-state index in [1.165, 1.54) is 17.5 Å². The van der Waals surface area contributed by atoms with Gasteiger partial charge in [0.2, 0.25) is 11.8 Å². The number of hydrogen-bond donors (Lipinski definition) is 4. The number of carboxylic acid groups (broad SMARTS) is 1. The predicted molar refractivity (Wildman–Crippen MR) is 106 cm³/mol. The number of hydrogen-bond acceptors (Lipinski definition) is 6. The van der Waals surface area contributed by atoms with Crippen LogP contribution < -0.4 is 16.4 Å². The van der Waals surface area contributed by atoms with Gasteiger partial charge in [-0.05, 0) is 20.4 Å². The van der Waals surface area contributed by atoms with Gasteiger partial charge in [0.05, 0.1) is 13.1 Å². The van der Waals surface area contributed by atoms with Gasteiger partial charge in [-0.15, -0.1) is 0 Å². The number of aldehydes is 1. The Morgan fingerprint density at radius 1 is 1.32 bits per heavy atom. The number of carbonyl (C=O) groups excluding carboxylic acids is 3. The van der Waals surface area contributed by atoms with Crippen molar-refractivity contribution in [3.8, 4) is 0 Å². The summed E-state index contributed by atoms with van der Waals surface area (Å²) in [4.78, 5) is 45.6. The Morgan fingerprint density at radius 2 is 1.96 bits per heavy atom. The quantitative estimate of drug-likeness (QED) is 0.458. The van der Waals surface area contributed by atoms with Gasteiger partial charge in [0.15, 0.2) is 0 Å². The minimum atomic E-state index is -1.19. The molecule has 1 atom stereocenters. The fraction of sp³-hybridized carbons (Fsp3) is 0.474. The number of nitrogens with zero attached hydrogens (tertiary/aromatic N) is 1. The molecule has 1 aliphatic rings. The number of rotatable bonds is 7. The van der Waals surface area contributed by atoms with Crippen molar-refractivity contribution in [2.45, 2.75) is 25.8 Å². The number of amides is 2. The van der Waals surface area contributed by atoms with Crippen LogP contribution in [0.5, 0.6) is 0 Å². The van der Waals surface area contributed by atoms with Gasteiger partial charge in [0, 0.05) is 19.5 Å². The molecular weight excluding hydrogens is 364 g/mol. The number of benzene rings is 1. The molecule has 0 saturated carbocycles. The highest BCUT2D eigenvalue weighted by Gasteiger charge is 2.23. The molecule has 1 unspecified atom stereocenters. The Bertz CT molecular complexity index is 610. The van der Waals surface area contributed by atoms with E-state index in [4.69, 9.17) is 5.11 Å². The van der Waals surface area contributed by atoms with Gasteiger partial charge >= 0.3 is 5.97 Å². The second-order valence-electron chi connectivity index (χ2n) is 5.85. The van der Waals surface area contributed by atoms with Crippen LogP contribution in [0.2, 0.25) is 0 Å². The fourth-order valence-electron chi connectivity index (χ4n) is 2.25. The lowest BCUT2D eigenvalue weighted by Gasteiger charge is -2.27. The lowest BCUT2D eigenvalue weighted by molar-refractivity contribution is -0.143. The summed E-state index contributed by atoms with van der Waals surface area (Å²) in [6.07, 6.45) is 0.700. The molecule has 1 saturated heterocycles. The molecule has 1 aliphatic heterocycles. The molecule has 0 aliphatic carbocycles. The van der Waals surface area contributed by atoms with Crippen molar-refractivity contribution in [1.82, 2.24) is 15.5 Å². The van der Waals surface area contributed by atoms with Gasteiger partial charge in [-0.25, -0.2) is 4.79 Å². The molecule has 156 valence electrons. The van der Waals surface area contributed by atoms with Crippen LogP contribution >= 0.6 is 0 Å². The zero-order valence-corrected chi connectivity index (χ0v) is 16.4. The SMILES string of the molecule is CN.Cc1ccccc1.O=CCCC(NC(=O)CN1CCNCC1=O)C(=O)O. The molecule has 1 aromatic rings. The maximum Gasteiger partial charge on any atom is 0.326 e. The molecule has 0 bridgehead atoms. The van der Waals surface area contributed by atoms with Crippen LogP contribution in [-0.2, 0) is 19.2 Å². The van der Waals surface area contributed by atoms with Gasteiger partial charge in [-0.3, -0.25) is 9.59 Å². The number of nitrogens with one attached hydrogen (secondary N) is 2. The second kappa shape index (κ2) is 15.3. The molecule has 2 rings (SSSR count). The Balaban J connectivity index is 0.000000670. The Kier molecular flexibility index (Phi) is 13.8. The molecule has 1 heterocycles. The van der Waals surface area contributed by atoms with Crippen LogP contribution in [0.25, 0.3) is 0 Å². The van der Waals surface area contributed by atoms with Crippen molar-refractivity contribution in [2.24, 2.45) is 5.73 Å². The minimum absolute atomic E-state index is 0.0417. The Morgan fingerprint density at radius 3 is 2.43 bits per heavy atom. The highest BCUT2D eigenvalue weighted by atomic mass is 16.4. The third kappa shape index (κ3) is 11.0. The zero-order chi connectivity index (χ0) is 21.4. The van der Waals surface area contributed by atoms with E-state index in [9.17, 15) is 19.2 Å². The van der Waals surface area contributed by atoms with Crippen LogP contribution in [0.1, 0.15) is 18.4 Å². The predicted octanol–water partition coefficient (Wildman–Crippen LogP) is -0.463. The largest absolute Gasteiger partial charge is 0.480 e. The summed E-state index contributed by atoms with van der Waals surface area (Å²) < 4.78 is 0. The van der Waals surface area contributed by atoms with Gasteiger partial charge in [0.25, 0.3) is 0 Å². The monoisotopic (exact) mass is 394 g/mol. The summed E-state index contributed by atoms with van der Waals surface area (Å²) in [5, 5.41) is 14.1. The number of piperazine rings is 1. The molecule has 9 heteroatoms. The van der Waals surface area contributed by atoms with Gasteiger partial charge < -0.3 is 31.2 Å². The standard InChI is InChI=1S/C11H17N3O5.C7H8.CH5N/c15-5-1-2-8(11(18)19)13-9(16)7-14-4-3-12-6-10(14)17;1-7-5-3-2-4-6-7;1-2/h5,8,12H,1-4,6-7H2,(H,13,16)(H,18,19);2-6H,1H3;2H2,1H3. The second-order valence-corrected chi connectivity index (χ2v) is 5.85. The van der Waals surface area contributed by atoms with Crippen molar-refractivity contribution < 1.29 is 24.3 Å². The summed E-state index contributed by atoms with van der Waals surface area (Å²) >= 11 is 0. The van der Waals surface area contributed by atoms with E-state index in [1.807, 2.05) is 18.2 Å². The summed E-state index contributed by atoms with van der Waals surface area (Å²) in [6, 6.07) is 9.16. The van der Waals surface area contributed by atoms with E-state index in [-0.39, 0.29) is 31.8 Å². The molecule has 9 nitrogen and oxygen atoms in total. The third-order valence-electron chi connectivity index (χ3n) is 3.67. The zero-order valence-electron chi connectivity index (χ0n) is 16.4. The first-order valence-corrected chi connectivity index (χ1v) is 8.97. The first-order valence-electron chi connectivity index (χ1n) is 8.97. The molecule has 0 aromatic heterocycles. The van der Waals surface area contributed by atoms with Crippen molar-refractivity contribution in [1.29, 1.82) is 0 Å². The lowest BCUT2D eigenvalue weighted by atomic mass is 10.1. The van der Waals surface area contributed by atoms with Crippen molar-refractivity contribution in [3.63, 3.8) is 0 Å².